The molecule has 0 fully saturated rings. The molecule has 1 aromatic rings. The number of nitriles is 1. The van der Waals surface area contributed by atoms with E-state index in [0.717, 1.165) is 0 Å². The highest BCUT2D eigenvalue weighted by Crippen LogP contribution is 2.22. The minimum absolute atomic E-state index is 0.00406. The van der Waals surface area contributed by atoms with Gasteiger partial charge in [-0.15, -0.1) is 0 Å². The monoisotopic (exact) mass is 276 g/mol. The molecule has 0 aromatic heterocycles. The van der Waals surface area contributed by atoms with Crippen molar-refractivity contribution in [3.05, 3.63) is 33.9 Å². The molecule has 0 saturated heterocycles. The van der Waals surface area contributed by atoms with Crippen molar-refractivity contribution in [2.45, 2.75) is 13.8 Å². The van der Waals surface area contributed by atoms with Crippen LogP contribution < -0.4 is 5.32 Å². The summed E-state index contributed by atoms with van der Waals surface area (Å²) in [5.41, 5.74) is 0.166. The quantitative estimate of drug-likeness (QED) is 0.630. The van der Waals surface area contributed by atoms with Gasteiger partial charge < -0.3 is 10.2 Å². The minimum atomic E-state index is -0.615. The maximum Gasteiger partial charge on any atom is 0.289 e. The fraction of sp³-hybridized carbons (Fsp3) is 0.385. The van der Waals surface area contributed by atoms with Crippen LogP contribution in [0.25, 0.3) is 0 Å². The van der Waals surface area contributed by atoms with Crippen LogP contribution in [0.5, 0.6) is 0 Å². The molecule has 0 spiro atoms. The standard InChI is InChI=1S/C13H16N4O3/c1-3-16(4-2)13(18)9-15-11-6-5-10(8-14)12(7-11)17(19)20/h5-7,15H,3-4,9H2,1-2H3. The molecule has 0 aliphatic heterocycles. The molecule has 0 saturated carbocycles. The fourth-order valence-electron chi connectivity index (χ4n) is 1.75. The number of nitro benzene ring substituents is 1. The summed E-state index contributed by atoms with van der Waals surface area (Å²) in [4.78, 5) is 23.7. The number of amides is 1. The van der Waals surface area contributed by atoms with Gasteiger partial charge in [-0.1, -0.05) is 0 Å². The largest absolute Gasteiger partial charge is 0.376 e. The van der Waals surface area contributed by atoms with E-state index in [9.17, 15) is 14.9 Å². The molecule has 1 aromatic carbocycles. The number of nitro groups is 1. The van der Waals surface area contributed by atoms with E-state index in [-0.39, 0.29) is 23.7 Å². The summed E-state index contributed by atoms with van der Waals surface area (Å²) in [6, 6.07) is 5.93. The molecule has 0 bridgehead atoms. The van der Waals surface area contributed by atoms with E-state index in [1.807, 2.05) is 13.8 Å². The van der Waals surface area contributed by atoms with E-state index in [2.05, 4.69) is 5.32 Å². The highest BCUT2D eigenvalue weighted by molar-refractivity contribution is 5.81. The summed E-state index contributed by atoms with van der Waals surface area (Å²) in [5.74, 6) is -0.0815. The molecule has 106 valence electrons. The number of nitrogens with one attached hydrogen (secondary N) is 1. The highest BCUT2D eigenvalue weighted by Gasteiger charge is 2.15. The topological polar surface area (TPSA) is 99.3 Å². The molecule has 0 aliphatic carbocycles. The molecule has 7 heteroatoms. The van der Waals surface area contributed by atoms with Crippen LogP contribution in [-0.2, 0) is 4.79 Å². The Hall–Kier alpha value is -2.62. The Balaban J connectivity index is 2.80. The number of carbonyl (C=O) groups excluding carboxylic acids is 1. The number of hydrogen-bond donors (Lipinski definition) is 1. The summed E-state index contributed by atoms with van der Waals surface area (Å²) < 4.78 is 0. The number of benzene rings is 1. The van der Waals surface area contributed by atoms with E-state index in [1.54, 1.807) is 17.0 Å². The van der Waals surface area contributed by atoms with Crippen molar-refractivity contribution in [3.63, 3.8) is 0 Å². The number of rotatable bonds is 6. The summed E-state index contributed by atoms with van der Waals surface area (Å²) in [7, 11) is 0. The third kappa shape index (κ3) is 3.68. The molecule has 7 nitrogen and oxygen atoms in total. The van der Waals surface area contributed by atoms with Gasteiger partial charge in [-0.25, -0.2) is 0 Å². The zero-order valence-electron chi connectivity index (χ0n) is 11.4. The lowest BCUT2D eigenvalue weighted by Gasteiger charge is -2.19. The zero-order valence-corrected chi connectivity index (χ0v) is 11.4. The van der Waals surface area contributed by atoms with Crippen LogP contribution in [0.3, 0.4) is 0 Å². The first-order valence-electron chi connectivity index (χ1n) is 6.23. The summed E-state index contributed by atoms with van der Waals surface area (Å²) >= 11 is 0. The van der Waals surface area contributed by atoms with E-state index in [4.69, 9.17) is 5.26 Å². The lowest BCUT2D eigenvalue weighted by atomic mass is 10.2. The Labute approximate surface area is 117 Å². The van der Waals surface area contributed by atoms with E-state index < -0.39 is 4.92 Å². The molecule has 0 unspecified atom stereocenters. The Morgan fingerprint density at radius 3 is 2.60 bits per heavy atom. The smallest absolute Gasteiger partial charge is 0.289 e. The van der Waals surface area contributed by atoms with Crippen LogP contribution in [0.1, 0.15) is 19.4 Å². The van der Waals surface area contributed by atoms with Gasteiger partial charge in [-0.3, -0.25) is 14.9 Å². The first-order chi connectivity index (χ1) is 9.53. The molecule has 1 rings (SSSR count). The lowest BCUT2D eigenvalue weighted by molar-refractivity contribution is -0.385. The number of likely N-dealkylation sites (N-methyl/N-ethyl adjacent to an activating group) is 1. The van der Waals surface area contributed by atoms with Crippen LogP contribution in [-0.4, -0.2) is 35.4 Å². The second-order valence-corrected chi connectivity index (χ2v) is 4.02. The van der Waals surface area contributed by atoms with Crippen molar-refractivity contribution < 1.29 is 9.72 Å². The first-order valence-corrected chi connectivity index (χ1v) is 6.23. The minimum Gasteiger partial charge on any atom is -0.376 e. The third-order valence-electron chi connectivity index (χ3n) is 2.87. The summed E-state index contributed by atoms with van der Waals surface area (Å²) in [5, 5.41) is 22.4. The Kier molecular flexibility index (Phi) is 5.47. The first kappa shape index (κ1) is 15.4. The van der Waals surface area contributed by atoms with E-state index in [0.29, 0.717) is 18.8 Å². The molecule has 0 radical (unpaired) electrons. The van der Waals surface area contributed by atoms with Gasteiger partial charge in [0.25, 0.3) is 5.69 Å². The normalized spacial score (nSPS) is 9.65. The molecule has 0 aliphatic rings. The summed E-state index contributed by atoms with van der Waals surface area (Å²) in [6.45, 7) is 5.06. The van der Waals surface area contributed by atoms with Gasteiger partial charge in [0.15, 0.2) is 0 Å². The van der Waals surface area contributed by atoms with Gasteiger partial charge in [0.1, 0.15) is 11.6 Å². The average Bonchev–Trinajstić information content (AvgIpc) is 2.46. The molecule has 1 N–H and O–H groups in total. The molecule has 0 heterocycles. The number of nitrogens with zero attached hydrogens (tertiary/aromatic N) is 3. The molecule has 20 heavy (non-hydrogen) atoms. The van der Waals surface area contributed by atoms with Gasteiger partial charge in [-0.05, 0) is 26.0 Å². The SMILES string of the molecule is CCN(CC)C(=O)CNc1ccc(C#N)c([N+](=O)[O-])c1. The highest BCUT2D eigenvalue weighted by atomic mass is 16.6. The Morgan fingerprint density at radius 2 is 2.10 bits per heavy atom. The number of carbonyl (C=O) groups is 1. The second-order valence-electron chi connectivity index (χ2n) is 4.02. The van der Waals surface area contributed by atoms with Crippen molar-refractivity contribution in [2.75, 3.05) is 25.0 Å². The van der Waals surface area contributed by atoms with Crippen LogP contribution in [0, 0.1) is 21.4 Å². The van der Waals surface area contributed by atoms with Crippen LogP contribution in [0.4, 0.5) is 11.4 Å². The van der Waals surface area contributed by atoms with Crippen LogP contribution in [0.2, 0.25) is 0 Å². The van der Waals surface area contributed by atoms with Crippen molar-refractivity contribution in [1.82, 2.24) is 4.90 Å². The van der Waals surface area contributed by atoms with Gasteiger partial charge in [0.2, 0.25) is 5.91 Å². The van der Waals surface area contributed by atoms with Gasteiger partial charge in [0, 0.05) is 24.8 Å². The van der Waals surface area contributed by atoms with Gasteiger partial charge >= 0.3 is 0 Å². The van der Waals surface area contributed by atoms with Crippen molar-refractivity contribution in [1.29, 1.82) is 5.26 Å². The van der Waals surface area contributed by atoms with Crippen molar-refractivity contribution >= 4 is 17.3 Å². The van der Waals surface area contributed by atoms with Crippen LogP contribution >= 0.6 is 0 Å². The molecular formula is C13H16N4O3. The Morgan fingerprint density at radius 1 is 1.45 bits per heavy atom. The lowest BCUT2D eigenvalue weighted by Crippen LogP contribution is -2.35. The number of hydrogen-bond acceptors (Lipinski definition) is 5. The zero-order chi connectivity index (χ0) is 15.1. The van der Waals surface area contributed by atoms with Crippen LogP contribution in [0.15, 0.2) is 18.2 Å². The van der Waals surface area contributed by atoms with Crippen molar-refractivity contribution in [3.8, 4) is 6.07 Å². The second kappa shape index (κ2) is 7.09. The van der Waals surface area contributed by atoms with Gasteiger partial charge in [-0.2, -0.15) is 5.26 Å². The van der Waals surface area contributed by atoms with Crippen molar-refractivity contribution in [2.24, 2.45) is 0 Å². The van der Waals surface area contributed by atoms with E-state index >= 15 is 0 Å². The van der Waals surface area contributed by atoms with E-state index in [1.165, 1.54) is 12.1 Å². The maximum absolute atomic E-state index is 11.8. The third-order valence-corrected chi connectivity index (χ3v) is 2.87. The fourth-order valence-corrected chi connectivity index (χ4v) is 1.75. The Bertz CT molecular complexity index is 547. The predicted molar refractivity (Wildman–Crippen MR) is 74.2 cm³/mol. The predicted octanol–water partition coefficient (Wildman–Crippen LogP) is 1.75. The molecule has 0 atom stereocenters. The maximum atomic E-state index is 11.8. The number of anilines is 1. The molecule has 1 amide bonds. The summed E-state index contributed by atoms with van der Waals surface area (Å²) in [6.07, 6.45) is 0. The molecular weight excluding hydrogens is 260 g/mol. The van der Waals surface area contributed by atoms with Gasteiger partial charge in [0.05, 0.1) is 11.5 Å². The average molecular weight is 276 g/mol.